The zero-order valence-corrected chi connectivity index (χ0v) is 22.8. The van der Waals surface area contributed by atoms with E-state index in [2.05, 4.69) is 61.9 Å². The van der Waals surface area contributed by atoms with Crippen LogP contribution in [0.3, 0.4) is 0 Å². The fourth-order valence-electron chi connectivity index (χ4n) is 5.44. The number of anilines is 1. The summed E-state index contributed by atoms with van der Waals surface area (Å²) in [7, 11) is 0. The molecular formula is C31H30N6O2S. The minimum Gasteiger partial charge on any atom is -0.333 e. The summed E-state index contributed by atoms with van der Waals surface area (Å²) in [5.74, 6) is 0.243. The summed E-state index contributed by atoms with van der Waals surface area (Å²) in [5.41, 5.74) is 4.08. The van der Waals surface area contributed by atoms with Crippen molar-refractivity contribution in [2.45, 2.75) is 50.9 Å². The predicted octanol–water partition coefficient (Wildman–Crippen LogP) is 5.46. The van der Waals surface area contributed by atoms with Crippen LogP contribution in [0.1, 0.15) is 42.5 Å². The fraction of sp³-hybridized carbons (Fsp3) is 0.258. The molecule has 2 N–H and O–H groups in total. The van der Waals surface area contributed by atoms with Crippen molar-refractivity contribution in [3.63, 3.8) is 0 Å². The third-order valence-corrected chi connectivity index (χ3v) is 8.28. The molecule has 2 aromatic heterocycles. The molecule has 202 valence electrons. The summed E-state index contributed by atoms with van der Waals surface area (Å²) < 4.78 is 0. The highest BCUT2D eigenvalue weighted by atomic mass is 32.2. The fourth-order valence-corrected chi connectivity index (χ4v) is 6.10. The second-order valence-corrected chi connectivity index (χ2v) is 11.1. The van der Waals surface area contributed by atoms with Gasteiger partial charge in [0.1, 0.15) is 0 Å². The largest absolute Gasteiger partial charge is 0.333 e. The second kappa shape index (κ2) is 12.0. The van der Waals surface area contributed by atoms with E-state index in [0.29, 0.717) is 29.1 Å². The van der Waals surface area contributed by atoms with E-state index in [1.807, 2.05) is 30.5 Å². The van der Waals surface area contributed by atoms with Crippen LogP contribution in [0.25, 0.3) is 17.0 Å². The van der Waals surface area contributed by atoms with E-state index in [1.54, 1.807) is 18.3 Å². The molecule has 0 unspecified atom stereocenters. The summed E-state index contributed by atoms with van der Waals surface area (Å²) in [5, 5.41) is 6.87. The third kappa shape index (κ3) is 6.05. The quantitative estimate of drug-likeness (QED) is 0.279. The van der Waals surface area contributed by atoms with E-state index in [0.717, 1.165) is 49.5 Å². The molecule has 2 fully saturated rings. The van der Waals surface area contributed by atoms with Crippen LogP contribution in [-0.4, -0.2) is 38.2 Å². The van der Waals surface area contributed by atoms with Gasteiger partial charge in [0.25, 0.3) is 11.1 Å². The van der Waals surface area contributed by atoms with Crippen molar-refractivity contribution in [3.8, 4) is 0 Å². The summed E-state index contributed by atoms with van der Waals surface area (Å²) >= 11 is 0.894. The number of nitrogens with zero attached hydrogens (tertiary/aromatic N) is 4. The molecule has 2 aromatic carbocycles. The lowest BCUT2D eigenvalue weighted by atomic mass is 9.89. The van der Waals surface area contributed by atoms with E-state index in [-0.39, 0.29) is 17.2 Å². The zero-order valence-electron chi connectivity index (χ0n) is 22.0. The minimum atomic E-state index is -0.388. The molecule has 1 saturated carbocycles. The molecule has 3 heterocycles. The standard InChI is InChI=1S/C31H30N6O2S/c38-29-27(40-31(39)36-29)18-25-15-17-33-30(35-25)37(20-21-6-2-1-3-7-21)26-13-11-24(12-14-26)34-19-23-9-4-8-22-10-5-16-32-28(22)23/h1-10,15-18,24,26,34H,11-14,19-20H2,(H,36,38,39)/b27-18-/t24-,26-. The van der Waals surface area contributed by atoms with Crippen LogP contribution in [0, 0.1) is 0 Å². The van der Waals surface area contributed by atoms with Gasteiger partial charge >= 0.3 is 0 Å². The summed E-state index contributed by atoms with van der Waals surface area (Å²) in [6.45, 7) is 1.49. The van der Waals surface area contributed by atoms with Gasteiger partial charge in [-0.05, 0) is 66.8 Å². The number of para-hydroxylation sites is 1. The van der Waals surface area contributed by atoms with Gasteiger partial charge in [0.15, 0.2) is 0 Å². The van der Waals surface area contributed by atoms with Crippen molar-refractivity contribution >= 4 is 45.8 Å². The van der Waals surface area contributed by atoms with Crippen LogP contribution in [0.4, 0.5) is 10.7 Å². The monoisotopic (exact) mass is 550 g/mol. The van der Waals surface area contributed by atoms with Gasteiger partial charge in [0, 0.05) is 43.0 Å². The number of fused-ring (bicyclic) bond motifs is 1. The van der Waals surface area contributed by atoms with Crippen LogP contribution in [-0.2, 0) is 17.9 Å². The number of carbonyl (C=O) groups excluding carboxylic acids is 2. The van der Waals surface area contributed by atoms with E-state index in [1.165, 1.54) is 16.5 Å². The highest BCUT2D eigenvalue weighted by Crippen LogP contribution is 2.29. The third-order valence-electron chi connectivity index (χ3n) is 7.47. The first-order chi connectivity index (χ1) is 19.6. The highest BCUT2D eigenvalue weighted by Gasteiger charge is 2.29. The number of carbonyl (C=O) groups is 2. The number of benzene rings is 2. The van der Waals surface area contributed by atoms with Crippen LogP contribution in [0.2, 0.25) is 0 Å². The van der Waals surface area contributed by atoms with E-state index >= 15 is 0 Å². The Hall–Kier alpha value is -4.08. The molecule has 0 bridgehead atoms. The summed E-state index contributed by atoms with van der Waals surface area (Å²) in [6, 6.07) is 23.3. The molecule has 4 aromatic rings. The van der Waals surface area contributed by atoms with Gasteiger partial charge in [-0.2, -0.15) is 0 Å². The van der Waals surface area contributed by atoms with Crippen LogP contribution in [0.5, 0.6) is 0 Å². The van der Waals surface area contributed by atoms with Crippen molar-refractivity contribution < 1.29 is 9.59 Å². The molecule has 1 saturated heterocycles. The number of pyridine rings is 1. The Kier molecular flexibility index (Phi) is 7.83. The van der Waals surface area contributed by atoms with Gasteiger partial charge in [0.2, 0.25) is 5.95 Å². The molecule has 0 atom stereocenters. The van der Waals surface area contributed by atoms with Gasteiger partial charge in [-0.3, -0.25) is 19.9 Å². The van der Waals surface area contributed by atoms with Crippen LogP contribution < -0.4 is 15.5 Å². The van der Waals surface area contributed by atoms with Gasteiger partial charge in [-0.15, -0.1) is 0 Å². The zero-order chi connectivity index (χ0) is 27.3. The van der Waals surface area contributed by atoms with E-state index in [4.69, 9.17) is 4.98 Å². The van der Waals surface area contributed by atoms with E-state index < -0.39 is 0 Å². The first-order valence-electron chi connectivity index (χ1n) is 13.6. The molecule has 1 aliphatic heterocycles. The Labute approximate surface area is 237 Å². The van der Waals surface area contributed by atoms with Gasteiger partial charge in [-0.25, -0.2) is 9.97 Å². The smallest absolute Gasteiger partial charge is 0.290 e. The van der Waals surface area contributed by atoms with Crippen molar-refractivity contribution in [2.75, 3.05) is 4.90 Å². The molecule has 6 rings (SSSR count). The average Bonchev–Trinajstić information content (AvgIpc) is 3.31. The first kappa shape index (κ1) is 26.2. The Balaban J connectivity index is 1.16. The van der Waals surface area contributed by atoms with Crippen molar-refractivity contribution in [3.05, 3.63) is 101 Å². The SMILES string of the molecule is O=C1NC(=O)/C(=C/c2ccnc(N(Cc3ccccc3)[C@H]3CC[C@H](NCc4cccc5cccnc45)CC3)n2)S1. The number of imide groups is 1. The number of aromatic nitrogens is 3. The Morgan fingerprint density at radius 1 is 0.925 bits per heavy atom. The molecular weight excluding hydrogens is 520 g/mol. The lowest BCUT2D eigenvalue weighted by Gasteiger charge is -2.37. The molecule has 2 aliphatic rings. The maximum atomic E-state index is 12.1. The summed E-state index contributed by atoms with van der Waals surface area (Å²) in [6.07, 6.45) is 9.36. The first-order valence-corrected chi connectivity index (χ1v) is 14.4. The van der Waals surface area contributed by atoms with Crippen molar-refractivity contribution in [2.24, 2.45) is 0 Å². The van der Waals surface area contributed by atoms with Gasteiger partial charge in [0.05, 0.1) is 16.1 Å². The van der Waals surface area contributed by atoms with Crippen molar-refractivity contribution in [1.29, 1.82) is 0 Å². The van der Waals surface area contributed by atoms with E-state index in [9.17, 15) is 9.59 Å². The van der Waals surface area contributed by atoms with Crippen LogP contribution >= 0.6 is 11.8 Å². The van der Waals surface area contributed by atoms with Crippen molar-refractivity contribution in [1.82, 2.24) is 25.6 Å². The number of amides is 2. The Morgan fingerprint density at radius 2 is 1.75 bits per heavy atom. The maximum Gasteiger partial charge on any atom is 0.290 e. The molecule has 0 radical (unpaired) electrons. The van der Waals surface area contributed by atoms with Crippen LogP contribution in [0.15, 0.2) is 84.0 Å². The molecule has 1 aliphatic carbocycles. The molecule has 40 heavy (non-hydrogen) atoms. The highest BCUT2D eigenvalue weighted by molar-refractivity contribution is 8.18. The molecule has 0 spiro atoms. The number of rotatable bonds is 8. The van der Waals surface area contributed by atoms with Gasteiger partial charge < -0.3 is 10.2 Å². The second-order valence-electron chi connectivity index (χ2n) is 10.1. The topological polar surface area (TPSA) is 100 Å². The Bertz CT molecular complexity index is 1550. The average molecular weight is 551 g/mol. The lowest BCUT2D eigenvalue weighted by Crippen LogP contribution is -2.43. The normalized spacial score (nSPS) is 20.1. The lowest BCUT2D eigenvalue weighted by molar-refractivity contribution is -0.115. The van der Waals surface area contributed by atoms with Gasteiger partial charge in [-0.1, -0.05) is 54.6 Å². The molecule has 9 heteroatoms. The maximum absolute atomic E-state index is 12.1. The predicted molar refractivity (Wildman–Crippen MR) is 158 cm³/mol. The number of thioether (sulfide) groups is 1. The number of hydrogen-bond donors (Lipinski definition) is 2. The number of nitrogens with one attached hydrogen (secondary N) is 2. The summed E-state index contributed by atoms with van der Waals surface area (Å²) in [4.78, 5) is 40.3. The molecule has 8 nitrogen and oxygen atoms in total. The molecule has 2 amide bonds. The minimum absolute atomic E-state index is 0.283. The Morgan fingerprint density at radius 3 is 2.55 bits per heavy atom. The number of hydrogen-bond acceptors (Lipinski definition) is 8.